The van der Waals surface area contributed by atoms with Crippen molar-refractivity contribution in [2.75, 3.05) is 13.7 Å². The van der Waals surface area contributed by atoms with Gasteiger partial charge in [0.1, 0.15) is 0 Å². The highest BCUT2D eigenvalue weighted by Gasteiger charge is 2.29. The second-order valence-corrected chi connectivity index (χ2v) is 6.95. The summed E-state index contributed by atoms with van der Waals surface area (Å²) in [4.78, 5) is 1.33. The van der Waals surface area contributed by atoms with Crippen LogP contribution in [0.1, 0.15) is 31.2 Å². The molecule has 2 rings (SSSR count). The minimum Gasteiger partial charge on any atom is -0.381 e. The molecule has 3 unspecified atom stereocenters. The zero-order valence-electron chi connectivity index (χ0n) is 13.1. The highest BCUT2D eigenvalue weighted by atomic mass is 32.2. The van der Waals surface area contributed by atoms with Gasteiger partial charge in [-0.15, -0.1) is 18.3 Å². The van der Waals surface area contributed by atoms with E-state index in [1.54, 1.807) is 7.11 Å². The first-order chi connectivity index (χ1) is 10.2. The number of methoxy groups -OCH3 is 1. The number of aryl methyl sites for hydroxylation is 1. The van der Waals surface area contributed by atoms with Crippen LogP contribution < -0.4 is 0 Å². The number of rotatable bonds is 7. The van der Waals surface area contributed by atoms with Gasteiger partial charge in [-0.1, -0.05) is 23.8 Å². The van der Waals surface area contributed by atoms with E-state index in [4.69, 9.17) is 9.47 Å². The Balaban J connectivity index is 1.97. The molecule has 1 fully saturated rings. The van der Waals surface area contributed by atoms with Gasteiger partial charge in [-0.25, -0.2) is 0 Å². The van der Waals surface area contributed by atoms with Gasteiger partial charge in [-0.3, -0.25) is 0 Å². The second kappa shape index (κ2) is 8.62. The van der Waals surface area contributed by atoms with Gasteiger partial charge in [0.15, 0.2) is 0 Å². The van der Waals surface area contributed by atoms with Gasteiger partial charge in [0.25, 0.3) is 0 Å². The molecule has 1 aliphatic heterocycles. The number of hydrogen-bond acceptors (Lipinski definition) is 3. The van der Waals surface area contributed by atoms with Crippen LogP contribution in [0, 0.1) is 6.92 Å². The van der Waals surface area contributed by atoms with Crippen molar-refractivity contribution in [1.29, 1.82) is 0 Å². The molecule has 1 aromatic carbocycles. The smallest absolute Gasteiger partial charge is 0.0721 e. The summed E-state index contributed by atoms with van der Waals surface area (Å²) < 4.78 is 11.6. The quantitative estimate of drug-likeness (QED) is 0.685. The Labute approximate surface area is 132 Å². The van der Waals surface area contributed by atoms with E-state index in [9.17, 15) is 0 Å². The molecule has 0 spiro atoms. The molecule has 0 aliphatic carbocycles. The molecular weight excluding hydrogens is 280 g/mol. The van der Waals surface area contributed by atoms with Crippen molar-refractivity contribution in [2.45, 2.75) is 55.0 Å². The third-order valence-electron chi connectivity index (χ3n) is 3.95. The van der Waals surface area contributed by atoms with E-state index in [-0.39, 0.29) is 12.2 Å². The molecule has 1 saturated heterocycles. The second-order valence-electron chi connectivity index (χ2n) is 5.64. The van der Waals surface area contributed by atoms with Gasteiger partial charge < -0.3 is 9.47 Å². The van der Waals surface area contributed by atoms with E-state index in [2.05, 4.69) is 37.8 Å². The van der Waals surface area contributed by atoms with Gasteiger partial charge in [0.2, 0.25) is 0 Å². The largest absolute Gasteiger partial charge is 0.381 e. The molecule has 21 heavy (non-hydrogen) atoms. The summed E-state index contributed by atoms with van der Waals surface area (Å²) in [5, 5.41) is 0.518. The van der Waals surface area contributed by atoms with Crippen molar-refractivity contribution in [3.63, 3.8) is 0 Å². The van der Waals surface area contributed by atoms with Crippen molar-refractivity contribution in [1.82, 2.24) is 0 Å². The summed E-state index contributed by atoms with van der Waals surface area (Å²) in [7, 11) is 1.78. The van der Waals surface area contributed by atoms with Crippen LogP contribution in [0.25, 0.3) is 0 Å². The number of ether oxygens (including phenoxy) is 2. The predicted octanol–water partition coefficient (Wildman–Crippen LogP) is 4.62. The van der Waals surface area contributed by atoms with Gasteiger partial charge in [-0.2, -0.15) is 0 Å². The molecule has 1 aliphatic rings. The van der Waals surface area contributed by atoms with Gasteiger partial charge >= 0.3 is 0 Å². The summed E-state index contributed by atoms with van der Waals surface area (Å²) in [6.45, 7) is 6.81. The Hall–Kier alpha value is -0.770. The molecule has 3 atom stereocenters. The van der Waals surface area contributed by atoms with Crippen molar-refractivity contribution >= 4 is 11.8 Å². The number of benzene rings is 1. The van der Waals surface area contributed by atoms with E-state index in [1.807, 2.05) is 17.8 Å². The highest BCUT2D eigenvalue weighted by molar-refractivity contribution is 8.00. The number of thioether (sulfide) groups is 1. The van der Waals surface area contributed by atoms with Crippen LogP contribution in [0.2, 0.25) is 0 Å². The summed E-state index contributed by atoms with van der Waals surface area (Å²) >= 11 is 1.95. The molecule has 3 heteroatoms. The highest BCUT2D eigenvalue weighted by Crippen LogP contribution is 2.34. The maximum Gasteiger partial charge on any atom is 0.0721 e. The van der Waals surface area contributed by atoms with E-state index >= 15 is 0 Å². The molecule has 0 bridgehead atoms. The summed E-state index contributed by atoms with van der Waals surface area (Å²) in [6.07, 6.45) is 6.62. The summed E-state index contributed by atoms with van der Waals surface area (Å²) in [5.74, 6) is 0. The topological polar surface area (TPSA) is 18.5 Å². The van der Waals surface area contributed by atoms with Gasteiger partial charge in [0, 0.05) is 30.3 Å². The Kier molecular flexibility index (Phi) is 6.81. The monoisotopic (exact) mass is 306 g/mol. The minimum atomic E-state index is 0.215. The van der Waals surface area contributed by atoms with Crippen molar-refractivity contribution in [3.8, 4) is 0 Å². The zero-order valence-corrected chi connectivity index (χ0v) is 13.9. The molecule has 0 saturated carbocycles. The predicted molar refractivity (Wildman–Crippen MR) is 90.0 cm³/mol. The fourth-order valence-corrected chi connectivity index (χ4v) is 3.96. The SMILES string of the molecule is C=CCC(CC1OCCCC1Sc1ccc(C)cc1)OC. The Morgan fingerprint density at radius 1 is 1.43 bits per heavy atom. The molecule has 0 radical (unpaired) electrons. The average molecular weight is 306 g/mol. The summed E-state index contributed by atoms with van der Waals surface area (Å²) in [6, 6.07) is 8.78. The van der Waals surface area contributed by atoms with E-state index in [1.165, 1.54) is 16.9 Å². The molecule has 1 heterocycles. The first-order valence-corrected chi connectivity index (χ1v) is 8.59. The van der Waals surface area contributed by atoms with Crippen molar-refractivity contribution < 1.29 is 9.47 Å². The van der Waals surface area contributed by atoms with E-state index in [0.717, 1.165) is 25.9 Å². The average Bonchev–Trinajstić information content (AvgIpc) is 2.51. The van der Waals surface area contributed by atoms with Gasteiger partial charge in [0.05, 0.1) is 12.2 Å². The van der Waals surface area contributed by atoms with Crippen molar-refractivity contribution in [2.24, 2.45) is 0 Å². The molecular formula is C18H26O2S. The van der Waals surface area contributed by atoms with Crippen molar-refractivity contribution in [3.05, 3.63) is 42.5 Å². The number of hydrogen-bond donors (Lipinski definition) is 0. The fraction of sp³-hybridized carbons (Fsp3) is 0.556. The first kappa shape index (κ1) is 16.6. The Bertz CT molecular complexity index is 429. The lowest BCUT2D eigenvalue weighted by atomic mass is 10.0. The fourth-order valence-electron chi connectivity index (χ4n) is 2.69. The normalized spacial score (nSPS) is 23.7. The maximum absolute atomic E-state index is 6.03. The van der Waals surface area contributed by atoms with Crippen LogP contribution in [-0.2, 0) is 9.47 Å². The Morgan fingerprint density at radius 2 is 2.19 bits per heavy atom. The molecule has 0 aromatic heterocycles. The molecule has 0 N–H and O–H groups in total. The van der Waals surface area contributed by atoms with Crippen LogP contribution in [0.4, 0.5) is 0 Å². The lowest BCUT2D eigenvalue weighted by molar-refractivity contribution is -0.0202. The third-order valence-corrected chi connectivity index (χ3v) is 5.33. The van der Waals surface area contributed by atoms with E-state index in [0.29, 0.717) is 5.25 Å². The first-order valence-electron chi connectivity index (χ1n) is 7.71. The molecule has 0 amide bonds. The summed E-state index contributed by atoms with van der Waals surface area (Å²) in [5.41, 5.74) is 1.31. The van der Waals surface area contributed by atoms with E-state index < -0.39 is 0 Å². The van der Waals surface area contributed by atoms with Gasteiger partial charge in [-0.05, 0) is 38.3 Å². The lowest BCUT2D eigenvalue weighted by Gasteiger charge is -2.33. The van der Waals surface area contributed by atoms with Crippen LogP contribution in [-0.4, -0.2) is 31.2 Å². The molecule has 1 aromatic rings. The third kappa shape index (κ3) is 5.17. The lowest BCUT2D eigenvalue weighted by Crippen LogP contribution is -2.35. The molecule has 116 valence electrons. The zero-order chi connectivity index (χ0) is 15.1. The Morgan fingerprint density at radius 3 is 2.86 bits per heavy atom. The van der Waals surface area contributed by atoms with Crippen LogP contribution in [0.5, 0.6) is 0 Å². The van der Waals surface area contributed by atoms with Crippen LogP contribution in [0.3, 0.4) is 0 Å². The maximum atomic E-state index is 6.03. The van der Waals surface area contributed by atoms with Crippen LogP contribution in [0.15, 0.2) is 41.8 Å². The minimum absolute atomic E-state index is 0.215. The van der Waals surface area contributed by atoms with Crippen LogP contribution >= 0.6 is 11.8 Å². The standard InChI is InChI=1S/C18H26O2S/c1-4-6-15(19-3)13-17-18(7-5-12-20-17)21-16-10-8-14(2)9-11-16/h4,8-11,15,17-18H,1,5-7,12-13H2,2-3H3. The molecule has 2 nitrogen and oxygen atoms in total.